The van der Waals surface area contributed by atoms with Gasteiger partial charge in [0.25, 0.3) is 0 Å². The minimum Gasteiger partial charge on any atom is -0.355 e. The highest BCUT2D eigenvalue weighted by Crippen LogP contribution is 1.97. The minimum atomic E-state index is -0.383. The van der Waals surface area contributed by atoms with Gasteiger partial charge < -0.3 is 22.1 Å². The van der Waals surface area contributed by atoms with E-state index in [2.05, 4.69) is 10.6 Å². The summed E-state index contributed by atoms with van der Waals surface area (Å²) >= 11 is 0. The lowest BCUT2D eigenvalue weighted by molar-refractivity contribution is -0.122. The summed E-state index contributed by atoms with van der Waals surface area (Å²) in [4.78, 5) is 11.4. The number of nitrogens with two attached hydrogens (primary N) is 2. The van der Waals surface area contributed by atoms with Crippen LogP contribution in [0.3, 0.4) is 0 Å². The minimum absolute atomic E-state index is 0.0527. The largest absolute Gasteiger partial charge is 0.355 e. The molecule has 5 nitrogen and oxygen atoms in total. The van der Waals surface area contributed by atoms with Crippen LogP contribution in [0.5, 0.6) is 0 Å². The lowest BCUT2D eigenvalue weighted by Gasteiger charge is -2.11. The lowest BCUT2D eigenvalue weighted by Crippen LogP contribution is -2.41. The van der Waals surface area contributed by atoms with E-state index in [9.17, 15) is 4.79 Å². The fraction of sp³-hybridized carbons (Fsp3) is 0.900. The van der Waals surface area contributed by atoms with Crippen LogP contribution < -0.4 is 22.1 Å². The second kappa shape index (κ2) is 9.89. The number of nitrogens with one attached hydrogen (secondary N) is 2. The van der Waals surface area contributed by atoms with Gasteiger partial charge >= 0.3 is 0 Å². The van der Waals surface area contributed by atoms with Crippen LogP contribution in [0.15, 0.2) is 0 Å². The summed E-state index contributed by atoms with van der Waals surface area (Å²) in [7, 11) is 1.89. The Labute approximate surface area is 92.0 Å². The van der Waals surface area contributed by atoms with E-state index in [-0.39, 0.29) is 11.9 Å². The van der Waals surface area contributed by atoms with Gasteiger partial charge in [-0.15, -0.1) is 0 Å². The van der Waals surface area contributed by atoms with Gasteiger partial charge in [0.15, 0.2) is 0 Å². The predicted octanol–water partition coefficient (Wildman–Crippen LogP) is -0.832. The van der Waals surface area contributed by atoms with Crippen molar-refractivity contribution in [2.24, 2.45) is 11.5 Å². The van der Waals surface area contributed by atoms with Gasteiger partial charge in [-0.3, -0.25) is 4.79 Å². The van der Waals surface area contributed by atoms with E-state index in [4.69, 9.17) is 11.5 Å². The molecule has 0 aliphatic rings. The first kappa shape index (κ1) is 14.3. The SMILES string of the molecule is CNCCCNC(=O)C(N)CCCCN. The molecule has 0 aliphatic heterocycles. The van der Waals surface area contributed by atoms with Gasteiger partial charge in [0, 0.05) is 6.54 Å². The molecule has 0 saturated heterocycles. The molecule has 0 aromatic rings. The summed E-state index contributed by atoms with van der Waals surface area (Å²) in [5, 5.41) is 5.83. The number of carbonyl (C=O) groups is 1. The molecule has 0 aliphatic carbocycles. The van der Waals surface area contributed by atoms with Crippen molar-refractivity contribution in [1.29, 1.82) is 0 Å². The number of carbonyl (C=O) groups excluding carboxylic acids is 1. The second-order valence-corrected chi connectivity index (χ2v) is 3.64. The molecule has 5 heteroatoms. The summed E-state index contributed by atoms with van der Waals surface area (Å²) in [6, 6.07) is -0.383. The van der Waals surface area contributed by atoms with Gasteiger partial charge in [-0.2, -0.15) is 0 Å². The zero-order valence-electron chi connectivity index (χ0n) is 9.59. The number of amides is 1. The van der Waals surface area contributed by atoms with E-state index in [1.165, 1.54) is 0 Å². The molecular weight excluding hydrogens is 192 g/mol. The maximum absolute atomic E-state index is 11.4. The number of hydrogen-bond donors (Lipinski definition) is 4. The third kappa shape index (κ3) is 8.35. The molecule has 0 spiro atoms. The predicted molar refractivity (Wildman–Crippen MR) is 62.4 cm³/mol. The summed E-state index contributed by atoms with van der Waals surface area (Å²) in [5.74, 6) is -0.0527. The van der Waals surface area contributed by atoms with Crippen molar-refractivity contribution in [2.45, 2.75) is 31.7 Å². The van der Waals surface area contributed by atoms with Crippen molar-refractivity contribution in [3.05, 3.63) is 0 Å². The van der Waals surface area contributed by atoms with Crippen molar-refractivity contribution < 1.29 is 4.79 Å². The average molecular weight is 216 g/mol. The lowest BCUT2D eigenvalue weighted by atomic mass is 10.1. The highest BCUT2D eigenvalue weighted by molar-refractivity contribution is 5.81. The van der Waals surface area contributed by atoms with Crippen LogP contribution in [0.2, 0.25) is 0 Å². The Bertz CT molecular complexity index is 164. The highest BCUT2D eigenvalue weighted by Gasteiger charge is 2.11. The molecule has 0 fully saturated rings. The molecule has 0 aromatic heterocycles. The summed E-state index contributed by atoms with van der Waals surface area (Å²) in [6.45, 7) is 2.25. The summed E-state index contributed by atoms with van der Waals surface area (Å²) in [6.07, 6.45) is 3.50. The zero-order valence-corrected chi connectivity index (χ0v) is 9.59. The highest BCUT2D eigenvalue weighted by atomic mass is 16.2. The molecule has 0 aromatic carbocycles. The van der Waals surface area contributed by atoms with Gasteiger partial charge in [0.2, 0.25) is 5.91 Å². The maximum atomic E-state index is 11.4. The monoisotopic (exact) mass is 216 g/mol. The van der Waals surface area contributed by atoms with E-state index in [0.717, 1.165) is 32.2 Å². The maximum Gasteiger partial charge on any atom is 0.236 e. The number of unbranched alkanes of at least 4 members (excludes halogenated alkanes) is 1. The van der Waals surface area contributed by atoms with Gasteiger partial charge in [0.05, 0.1) is 6.04 Å². The fourth-order valence-electron chi connectivity index (χ4n) is 1.25. The van der Waals surface area contributed by atoms with Crippen LogP contribution in [-0.4, -0.2) is 38.6 Å². The van der Waals surface area contributed by atoms with Gasteiger partial charge in [-0.25, -0.2) is 0 Å². The Morgan fingerprint density at radius 2 is 2.00 bits per heavy atom. The van der Waals surface area contributed by atoms with Gasteiger partial charge in [0.1, 0.15) is 0 Å². The second-order valence-electron chi connectivity index (χ2n) is 3.64. The Morgan fingerprint density at radius 1 is 1.27 bits per heavy atom. The van der Waals surface area contributed by atoms with Crippen LogP contribution in [-0.2, 0) is 4.79 Å². The molecule has 1 unspecified atom stereocenters. The Balaban J connectivity index is 3.42. The molecule has 90 valence electrons. The van der Waals surface area contributed by atoms with Crippen LogP contribution in [0, 0.1) is 0 Å². The first-order valence-corrected chi connectivity index (χ1v) is 5.60. The smallest absolute Gasteiger partial charge is 0.236 e. The topological polar surface area (TPSA) is 93.2 Å². The van der Waals surface area contributed by atoms with E-state index < -0.39 is 0 Å². The van der Waals surface area contributed by atoms with Crippen LogP contribution >= 0.6 is 0 Å². The number of hydrogen-bond acceptors (Lipinski definition) is 4. The number of rotatable bonds is 9. The third-order valence-electron chi connectivity index (χ3n) is 2.21. The van der Waals surface area contributed by atoms with Gasteiger partial charge in [-0.1, -0.05) is 6.42 Å². The average Bonchev–Trinajstić information content (AvgIpc) is 2.24. The van der Waals surface area contributed by atoms with Crippen molar-refractivity contribution in [3.8, 4) is 0 Å². The first-order chi connectivity index (χ1) is 7.22. The Hall–Kier alpha value is -0.650. The molecular formula is C10H24N4O. The molecule has 0 rings (SSSR count). The van der Waals surface area contributed by atoms with Crippen LogP contribution in [0.25, 0.3) is 0 Å². The molecule has 0 saturated carbocycles. The van der Waals surface area contributed by atoms with Crippen LogP contribution in [0.4, 0.5) is 0 Å². The molecule has 15 heavy (non-hydrogen) atoms. The molecule has 0 radical (unpaired) electrons. The molecule has 0 heterocycles. The van der Waals surface area contributed by atoms with Crippen molar-refractivity contribution in [3.63, 3.8) is 0 Å². The van der Waals surface area contributed by atoms with E-state index in [1.807, 2.05) is 7.05 Å². The quantitative estimate of drug-likeness (QED) is 0.378. The summed E-state index contributed by atoms with van der Waals surface area (Å²) in [5.41, 5.74) is 11.1. The first-order valence-electron chi connectivity index (χ1n) is 5.60. The summed E-state index contributed by atoms with van der Waals surface area (Å²) < 4.78 is 0. The van der Waals surface area contributed by atoms with E-state index >= 15 is 0 Å². The van der Waals surface area contributed by atoms with Crippen molar-refractivity contribution in [2.75, 3.05) is 26.7 Å². The standard InChI is InChI=1S/C10H24N4O/c1-13-7-4-8-14-10(15)9(12)5-2-3-6-11/h9,13H,2-8,11-12H2,1H3,(H,14,15). The molecule has 0 bridgehead atoms. The zero-order chi connectivity index (χ0) is 11.5. The van der Waals surface area contributed by atoms with Crippen LogP contribution in [0.1, 0.15) is 25.7 Å². The fourth-order valence-corrected chi connectivity index (χ4v) is 1.25. The normalized spacial score (nSPS) is 12.5. The Kier molecular flexibility index (Phi) is 9.46. The molecule has 1 atom stereocenters. The van der Waals surface area contributed by atoms with Crippen molar-refractivity contribution in [1.82, 2.24) is 10.6 Å². The molecule has 1 amide bonds. The van der Waals surface area contributed by atoms with E-state index in [1.54, 1.807) is 0 Å². The Morgan fingerprint density at radius 3 is 2.60 bits per heavy atom. The molecule has 6 N–H and O–H groups in total. The van der Waals surface area contributed by atoms with Crippen molar-refractivity contribution >= 4 is 5.91 Å². The third-order valence-corrected chi connectivity index (χ3v) is 2.21. The van der Waals surface area contributed by atoms with E-state index in [0.29, 0.717) is 13.1 Å². The van der Waals surface area contributed by atoms with Gasteiger partial charge in [-0.05, 0) is 39.4 Å².